The maximum atomic E-state index is 12.6. The van der Waals surface area contributed by atoms with Crippen LogP contribution in [0.5, 0.6) is 5.88 Å². The highest BCUT2D eigenvalue weighted by Crippen LogP contribution is 2.32. The molecule has 0 saturated heterocycles. The summed E-state index contributed by atoms with van der Waals surface area (Å²) in [5.41, 5.74) is 1.78. The van der Waals surface area contributed by atoms with E-state index in [1.54, 1.807) is 23.9 Å². The normalized spacial score (nSPS) is 11.1. The van der Waals surface area contributed by atoms with Crippen molar-refractivity contribution < 1.29 is 13.5 Å². The highest BCUT2D eigenvalue weighted by Gasteiger charge is 2.20. The Hall–Kier alpha value is -2.61. The molecule has 6 nitrogen and oxygen atoms in total. The third kappa shape index (κ3) is 3.05. The predicted octanol–water partition coefficient (Wildman–Crippen LogP) is 3.50. The second kappa shape index (κ2) is 6.48. The SMILES string of the molecule is Cc1ncccc1-c1nnc(-c2cc(Cl)cnc2OC(F)F)n1C. The van der Waals surface area contributed by atoms with Gasteiger partial charge in [0.15, 0.2) is 11.6 Å². The molecule has 3 aromatic rings. The van der Waals surface area contributed by atoms with Crippen molar-refractivity contribution in [3.63, 3.8) is 0 Å². The van der Waals surface area contributed by atoms with Crippen molar-refractivity contribution in [1.82, 2.24) is 24.7 Å². The molecule has 0 bridgehead atoms. The van der Waals surface area contributed by atoms with Gasteiger partial charge in [0.05, 0.1) is 10.6 Å². The van der Waals surface area contributed by atoms with Crippen molar-refractivity contribution in [1.29, 1.82) is 0 Å². The van der Waals surface area contributed by atoms with Gasteiger partial charge in [-0.15, -0.1) is 10.2 Å². The summed E-state index contributed by atoms with van der Waals surface area (Å²) in [4.78, 5) is 8.02. The summed E-state index contributed by atoms with van der Waals surface area (Å²) < 4.78 is 31.3. The Labute approximate surface area is 141 Å². The van der Waals surface area contributed by atoms with Crippen molar-refractivity contribution in [2.24, 2.45) is 7.05 Å². The van der Waals surface area contributed by atoms with E-state index >= 15 is 0 Å². The maximum Gasteiger partial charge on any atom is 0.388 e. The molecule has 24 heavy (non-hydrogen) atoms. The van der Waals surface area contributed by atoms with Crippen LogP contribution in [0.2, 0.25) is 5.02 Å². The molecule has 0 spiro atoms. The van der Waals surface area contributed by atoms with Crippen molar-refractivity contribution in [2.75, 3.05) is 0 Å². The fourth-order valence-corrected chi connectivity index (χ4v) is 2.44. The molecular formula is C15H12ClF2N5O. The lowest BCUT2D eigenvalue weighted by Gasteiger charge is -2.10. The Morgan fingerprint density at radius 2 is 1.88 bits per heavy atom. The van der Waals surface area contributed by atoms with Crippen LogP contribution in [0.25, 0.3) is 22.8 Å². The molecule has 0 saturated carbocycles. The fourth-order valence-electron chi connectivity index (χ4n) is 2.28. The Morgan fingerprint density at radius 3 is 2.54 bits per heavy atom. The minimum Gasteiger partial charge on any atom is -0.416 e. The Bertz CT molecular complexity index is 884. The molecule has 3 rings (SSSR count). The Balaban J connectivity index is 2.12. The quantitative estimate of drug-likeness (QED) is 0.719. The maximum absolute atomic E-state index is 12.6. The van der Waals surface area contributed by atoms with Crippen LogP contribution in [0.1, 0.15) is 5.69 Å². The molecule has 0 radical (unpaired) electrons. The van der Waals surface area contributed by atoms with Gasteiger partial charge < -0.3 is 9.30 Å². The van der Waals surface area contributed by atoms with Crippen molar-refractivity contribution >= 4 is 11.6 Å². The van der Waals surface area contributed by atoms with Crippen LogP contribution in [0.15, 0.2) is 30.6 Å². The third-order valence-electron chi connectivity index (χ3n) is 3.38. The highest BCUT2D eigenvalue weighted by atomic mass is 35.5. The molecule has 0 amide bonds. The molecule has 0 aliphatic carbocycles. The summed E-state index contributed by atoms with van der Waals surface area (Å²) in [6, 6.07) is 5.09. The van der Waals surface area contributed by atoms with Gasteiger partial charge in [0.2, 0.25) is 5.88 Å². The number of alkyl halides is 2. The van der Waals surface area contributed by atoms with E-state index in [4.69, 9.17) is 11.6 Å². The van der Waals surface area contributed by atoms with Crippen LogP contribution < -0.4 is 4.74 Å². The van der Waals surface area contributed by atoms with Crippen LogP contribution in [0.4, 0.5) is 8.78 Å². The standard InChI is InChI=1S/C15H12ClF2N5O/c1-8-10(4-3-5-19-8)12-21-22-13(23(12)2)11-6-9(16)7-20-14(11)24-15(17)18/h3-7,15H,1-2H3. The van der Waals surface area contributed by atoms with Gasteiger partial charge in [0.1, 0.15) is 0 Å². The van der Waals surface area contributed by atoms with Crippen molar-refractivity contribution in [3.05, 3.63) is 41.3 Å². The number of aromatic nitrogens is 5. The number of halogens is 3. The molecule has 0 fully saturated rings. The molecule has 0 aromatic carbocycles. The van der Waals surface area contributed by atoms with Gasteiger partial charge in [-0.3, -0.25) is 4.98 Å². The monoisotopic (exact) mass is 351 g/mol. The number of aryl methyl sites for hydroxylation is 1. The zero-order chi connectivity index (χ0) is 17.3. The number of hydrogen-bond donors (Lipinski definition) is 0. The number of rotatable bonds is 4. The molecule has 3 aromatic heterocycles. The van der Waals surface area contributed by atoms with Crippen molar-refractivity contribution in [3.8, 4) is 28.7 Å². The molecule has 0 N–H and O–H groups in total. The summed E-state index contributed by atoms with van der Waals surface area (Å²) in [6.45, 7) is -1.17. The van der Waals surface area contributed by atoms with E-state index in [-0.39, 0.29) is 16.5 Å². The van der Waals surface area contributed by atoms with E-state index in [0.717, 1.165) is 11.3 Å². The van der Waals surface area contributed by atoms with Crippen LogP contribution in [0.3, 0.4) is 0 Å². The number of pyridine rings is 2. The molecule has 124 valence electrons. The second-order valence-corrected chi connectivity index (χ2v) is 5.36. The van der Waals surface area contributed by atoms with E-state index in [0.29, 0.717) is 11.6 Å². The lowest BCUT2D eigenvalue weighted by Crippen LogP contribution is -2.06. The number of hydrogen-bond acceptors (Lipinski definition) is 5. The number of ether oxygens (including phenoxy) is 1. The van der Waals surface area contributed by atoms with E-state index in [2.05, 4.69) is 24.9 Å². The van der Waals surface area contributed by atoms with Crippen LogP contribution in [-0.2, 0) is 7.05 Å². The Morgan fingerprint density at radius 1 is 1.17 bits per heavy atom. The first-order valence-corrected chi connectivity index (χ1v) is 7.27. The molecule has 0 unspecified atom stereocenters. The first kappa shape index (κ1) is 16.3. The van der Waals surface area contributed by atoms with Gasteiger partial charge in [-0.05, 0) is 25.1 Å². The molecule has 0 atom stereocenters. The van der Waals surface area contributed by atoms with Gasteiger partial charge in [0, 0.05) is 30.7 Å². The van der Waals surface area contributed by atoms with Gasteiger partial charge in [-0.1, -0.05) is 11.6 Å². The molecule has 0 aliphatic rings. The zero-order valence-corrected chi connectivity index (χ0v) is 13.5. The number of nitrogens with zero attached hydrogens (tertiary/aromatic N) is 5. The minimum atomic E-state index is -3.01. The summed E-state index contributed by atoms with van der Waals surface area (Å²) in [5, 5.41) is 8.48. The third-order valence-corrected chi connectivity index (χ3v) is 3.59. The lowest BCUT2D eigenvalue weighted by atomic mass is 10.2. The fraction of sp³-hybridized carbons (Fsp3) is 0.200. The molecule has 9 heteroatoms. The van der Waals surface area contributed by atoms with Gasteiger partial charge in [0.25, 0.3) is 0 Å². The average molecular weight is 352 g/mol. The zero-order valence-electron chi connectivity index (χ0n) is 12.7. The first-order chi connectivity index (χ1) is 11.5. The minimum absolute atomic E-state index is 0.227. The summed E-state index contributed by atoms with van der Waals surface area (Å²) >= 11 is 5.93. The molecular weight excluding hydrogens is 340 g/mol. The van der Waals surface area contributed by atoms with E-state index in [1.807, 2.05) is 13.0 Å². The average Bonchev–Trinajstić information content (AvgIpc) is 2.91. The predicted molar refractivity (Wildman–Crippen MR) is 83.8 cm³/mol. The smallest absolute Gasteiger partial charge is 0.388 e. The Kier molecular flexibility index (Phi) is 4.39. The van der Waals surface area contributed by atoms with Crippen LogP contribution in [-0.4, -0.2) is 31.3 Å². The molecule has 3 heterocycles. The first-order valence-electron chi connectivity index (χ1n) is 6.89. The summed E-state index contributed by atoms with van der Waals surface area (Å²) in [7, 11) is 1.71. The topological polar surface area (TPSA) is 65.7 Å². The van der Waals surface area contributed by atoms with E-state index in [9.17, 15) is 8.78 Å². The highest BCUT2D eigenvalue weighted by molar-refractivity contribution is 6.30. The van der Waals surface area contributed by atoms with E-state index < -0.39 is 6.61 Å². The van der Waals surface area contributed by atoms with Gasteiger partial charge >= 0.3 is 6.61 Å². The van der Waals surface area contributed by atoms with Crippen molar-refractivity contribution in [2.45, 2.75) is 13.5 Å². The van der Waals surface area contributed by atoms with Crippen LogP contribution >= 0.6 is 11.6 Å². The lowest BCUT2D eigenvalue weighted by molar-refractivity contribution is -0.0524. The summed E-state index contributed by atoms with van der Waals surface area (Å²) in [5.74, 6) is 0.580. The van der Waals surface area contributed by atoms with Gasteiger partial charge in [-0.2, -0.15) is 8.78 Å². The van der Waals surface area contributed by atoms with E-state index in [1.165, 1.54) is 12.3 Å². The summed E-state index contributed by atoms with van der Waals surface area (Å²) in [6.07, 6.45) is 2.90. The van der Waals surface area contributed by atoms with Gasteiger partial charge in [-0.25, -0.2) is 4.98 Å². The largest absolute Gasteiger partial charge is 0.416 e. The van der Waals surface area contributed by atoms with Crippen LogP contribution in [0, 0.1) is 6.92 Å². The molecule has 0 aliphatic heterocycles. The second-order valence-electron chi connectivity index (χ2n) is 4.93.